The third-order valence-corrected chi connectivity index (χ3v) is 10.6. The van der Waals surface area contributed by atoms with Crippen molar-refractivity contribution in [3.8, 4) is 0 Å². The summed E-state index contributed by atoms with van der Waals surface area (Å²) in [5.74, 6) is -4.33. The van der Waals surface area contributed by atoms with Crippen LogP contribution in [0.15, 0.2) is 78.9 Å². The van der Waals surface area contributed by atoms with Gasteiger partial charge in [0.15, 0.2) is 0 Å². The molecule has 4 aliphatic rings. The van der Waals surface area contributed by atoms with Crippen LogP contribution >= 0.6 is 0 Å². The first kappa shape index (κ1) is 35.5. The fourth-order valence-corrected chi connectivity index (χ4v) is 8.13. The van der Waals surface area contributed by atoms with E-state index in [9.17, 15) is 19.5 Å². The van der Waals surface area contributed by atoms with E-state index in [2.05, 4.69) is 15.6 Å². The quantitative estimate of drug-likeness (QED) is 0.261. The van der Waals surface area contributed by atoms with Gasteiger partial charge in [0.2, 0.25) is 11.8 Å². The van der Waals surface area contributed by atoms with Gasteiger partial charge in [-0.15, -0.1) is 5.10 Å². The van der Waals surface area contributed by atoms with Gasteiger partial charge in [0.25, 0.3) is 5.91 Å². The Morgan fingerprint density at radius 1 is 1.04 bits per heavy atom. The molecule has 1 aromatic heterocycles. The number of esters is 1. The lowest BCUT2D eigenvalue weighted by molar-refractivity contribution is -0.163. The number of nitrogens with zero attached hydrogens (tertiary/aromatic N) is 5. The van der Waals surface area contributed by atoms with E-state index in [1.165, 1.54) is 12.0 Å². The van der Waals surface area contributed by atoms with Gasteiger partial charge in [-0.25, -0.2) is 4.68 Å². The molecule has 5 heterocycles. The molecule has 274 valence electrons. The number of benzene rings is 2. The van der Waals surface area contributed by atoms with Crippen LogP contribution in [0.2, 0.25) is 0 Å². The second-order valence-electron chi connectivity index (χ2n) is 14.1. The lowest BCUT2D eigenvalue weighted by Gasteiger charge is -2.39. The third-order valence-electron chi connectivity index (χ3n) is 10.6. The number of aromatic nitrogens is 3. The van der Waals surface area contributed by atoms with Crippen LogP contribution in [0.1, 0.15) is 38.4 Å². The van der Waals surface area contributed by atoms with Gasteiger partial charge in [-0.2, -0.15) is 0 Å². The zero-order valence-electron chi connectivity index (χ0n) is 29.4. The summed E-state index contributed by atoms with van der Waals surface area (Å²) in [5.41, 5.74) is 0.493. The van der Waals surface area contributed by atoms with Crippen molar-refractivity contribution in [2.24, 2.45) is 17.8 Å². The minimum atomic E-state index is -1.51. The molecule has 2 saturated heterocycles. The number of methoxy groups -OCH3 is 1. The summed E-state index contributed by atoms with van der Waals surface area (Å²) >= 11 is 0. The number of aliphatic hydroxyl groups excluding tert-OH is 1. The van der Waals surface area contributed by atoms with E-state index >= 15 is 4.79 Å². The van der Waals surface area contributed by atoms with Gasteiger partial charge in [0.1, 0.15) is 35.9 Å². The van der Waals surface area contributed by atoms with Gasteiger partial charge < -0.3 is 34.4 Å². The Balaban J connectivity index is 1.33. The summed E-state index contributed by atoms with van der Waals surface area (Å²) in [4.78, 5) is 60.6. The number of ether oxygens (including phenoxy) is 3. The Bertz CT molecular complexity index is 1880. The zero-order chi connectivity index (χ0) is 36.6. The van der Waals surface area contributed by atoms with E-state index in [0.29, 0.717) is 23.0 Å². The number of aliphatic hydroxyl groups is 1. The molecule has 1 spiro atoms. The number of cyclic esters (lactones) is 1. The SMILES string of the molecule is COC[C@@H]1NC(=O)CC/C=C\CN(Cn2nnc3ccccc32)C(=O)[C@H]2N([C@@H](CO)C(C)C)C(=O)[C@@H]3[C@@H](C(=O)O[C@H]1c1ccccc1)[C@H]1C=C[C@]32O1. The van der Waals surface area contributed by atoms with Crippen LogP contribution in [0, 0.1) is 17.8 Å². The minimum absolute atomic E-state index is 0.00894. The standard InChI is InChI=1S/C38H44N6O8/c1-23(2)28(20-45)44-34-36(48)42(22-43-27-15-10-9-14-25(27)40-41-43)19-11-5-8-16-30(46)39-26(21-50-3)33(24-12-6-4-7-13-24)51-37(49)31-29-17-18-38(34,52-29)32(31)35(44)47/h4-7,9-15,17-18,23,26,28-29,31-34,45H,8,16,19-22H2,1-3H3,(H,39,46)/b11-5-/t26-,28-,29+,31-,32-,33-,34+,38-/m0/s1. The Kier molecular flexibility index (Phi) is 9.96. The fourth-order valence-electron chi connectivity index (χ4n) is 8.13. The molecular formula is C38H44N6O8. The molecule has 3 amide bonds. The predicted molar refractivity (Wildman–Crippen MR) is 187 cm³/mol. The number of likely N-dealkylation sites (tertiary alicyclic amines) is 1. The topological polar surface area (TPSA) is 165 Å². The Hall–Kier alpha value is -4.92. The van der Waals surface area contributed by atoms with Crippen molar-refractivity contribution in [3.05, 3.63) is 84.5 Å². The number of fused-ring (bicyclic) bond motifs is 3. The summed E-state index contributed by atoms with van der Waals surface area (Å²) in [7, 11) is 1.50. The van der Waals surface area contributed by atoms with Gasteiger partial charge in [-0.1, -0.05) is 85.8 Å². The van der Waals surface area contributed by atoms with Crippen LogP contribution in [-0.2, 0) is 40.1 Å². The monoisotopic (exact) mass is 712 g/mol. The molecule has 52 heavy (non-hydrogen) atoms. The van der Waals surface area contributed by atoms with E-state index in [4.69, 9.17) is 14.2 Å². The molecular weight excluding hydrogens is 668 g/mol. The van der Waals surface area contributed by atoms with Crippen molar-refractivity contribution < 1.29 is 38.5 Å². The van der Waals surface area contributed by atoms with Crippen molar-refractivity contribution in [1.29, 1.82) is 0 Å². The maximum Gasteiger partial charge on any atom is 0.313 e. The van der Waals surface area contributed by atoms with Crippen molar-refractivity contribution in [2.45, 2.75) is 69.3 Å². The highest BCUT2D eigenvalue weighted by Gasteiger charge is 2.74. The number of hydrogen-bond donors (Lipinski definition) is 2. The van der Waals surface area contributed by atoms with Crippen LogP contribution < -0.4 is 5.32 Å². The Morgan fingerprint density at radius 3 is 2.56 bits per heavy atom. The second-order valence-corrected chi connectivity index (χ2v) is 14.1. The summed E-state index contributed by atoms with van der Waals surface area (Å²) in [5, 5.41) is 22.3. The molecule has 0 unspecified atom stereocenters. The van der Waals surface area contributed by atoms with Crippen molar-refractivity contribution >= 4 is 34.7 Å². The molecule has 2 N–H and O–H groups in total. The van der Waals surface area contributed by atoms with Crippen LogP contribution in [0.5, 0.6) is 0 Å². The van der Waals surface area contributed by atoms with E-state index in [-0.39, 0.29) is 38.1 Å². The first-order valence-electron chi connectivity index (χ1n) is 17.7. The van der Waals surface area contributed by atoms with Crippen LogP contribution in [0.4, 0.5) is 0 Å². The molecule has 14 nitrogen and oxygen atoms in total. The molecule has 2 aromatic carbocycles. The smallest absolute Gasteiger partial charge is 0.313 e. The molecule has 0 aliphatic carbocycles. The number of nitrogens with one attached hydrogen (secondary N) is 1. The number of amides is 3. The summed E-state index contributed by atoms with van der Waals surface area (Å²) in [6.45, 7) is 3.49. The average molecular weight is 713 g/mol. The molecule has 5 bridgehead atoms. The molecule has 7 rings (SSSR count). The Labute approximate surface area is 301 Å². The van der Waals surface area contributed by atoms with Gasteiger partial charge >= 0.3 is 5.97 Å². The molecule has 8 atom stereocenters. The largest absolute Gasteiger partial charge is 0.455 e. The Morgan fingerprint density at radius 2 is 1.81 bits per heavy atom. The van der Waals surface area contributed by atoms with Crippen LogP contribution in [0.3, 0.4) is 0 Å². The maximum atomic E-state index is 15.1. The zero-order valence-corrected chi connectivity index (χ0v) is 29.4. The molecule has 0 radical (unpaired) electrons. The van der Waals surface area contributed by atoms with Gasteiger partial charge in [0.05, 0.1) is 42.8 Å². The van der Waals surface area contributed by atoms with E-state index in [1.54, 1.807) is 33.9 Å². The lowest BCUT2D eigenvalue weighted by Crippen LogP contribution is -2.59. The molecule has 14 heteroatoms. The summed E-state index contributed by atoms with van der Waals surface area (Å²) in [6, 6.07) is 13.7. The number of rotatable bonds is 8. The van der Waals surface area contributed by atoms with E-state index in [1.807, 2.05) is 68.5 Å². The van der Waals surface area contributed by atoms with Gasteiger partial charge in [0, 0.05) is 20.1 Å². The summed E-state index contributed by atoms with van der Waals surface area (Å²) < 4.78 is 20.0. The van der Waals surface area contributed by atoms with Crippen molar-refractivity contribution in [3.63, 3.8) is 0 Å². The van der Waals surface area contributed by atoms with Crippen molar-refractivity contribution in [2.75, 3.05) is 26.9 Å². The first-order chi connectivity index (χ1) is 25.2. The highest BCUT2D eigenvalue weighted by molar-refractivity contribution is 5.99. The maximum absolute atomic E-state index is 15.1. The summed E-state index contributed by atoms with van der Waals surface area (Å²) in [6.07, 6.45) is 5.79. The third kappa shape index (κ3) is 6.18. The van der Waals surface area contributed by atoms with Crippen LogP contribution in [-0.4, -0.2) is 110 Å². The fraction of sp³-hybridized carbons (Fsp3) is 0.474. The van der Waals surface area contributed by atoms with Crippen molar-refractivity contribution in [1.82, 2.24) is 30.1 Å². The number of carbonyl (C=O) groups excluding carboxylic acids is 4. The molecule has 0 saturated carbocycles. The predicted octanol–water partition coefficient (Wildman–Crippen LogP) is 2.15. The molecule has 4 aliphatic heterocycles. The van der Waals surface area contributed by atoms with E-state index < -0.39 is 72.2 Å². The highest BCUT2D eigenvalue weighted by atomic mass is 16.6. The highest BCUT2D eigenvalue weighted by Crippen LogP contribution is 2.56. The van der Waals surface area contributed by atoms with Gasteiger partial charge in [-0.3, -0.25) is 19.2 Å². The van der Waals surface area contributed by atoms with Gasteiger partial charge in [-0.05, 0) is 30.0 Å². The number of allylic oxidation sites excluding steroid dienone is 1. The van der Waals surface area contributed by atoms with Crippen LogP contribution in [0.25, 0.3) is 11.0 Å². The molecule has 2 fully saturated rings. The number of para-hydroxylation sites is 1. The van der Waals surface area contributed by atoms with E-state index in [0.717, 1.165) is 0 Å². The minimum Gasteiger partial charge on any atom is -0.455 e. The second kappa shape index (κ2) is 14.6. The molecule has 3 aromatic rings. The number of carbonyl (C=O) groups is 4. The number of hydrogen-bond acceptors (Lipinski definition) is 10. The average Bonchev–Trinajstić information content (AvgIpc) is 3.89. The first-order valence-corrected chi connectivity index (χ1v) is 17.7. The normalized spacial score (nSPS) is 30.6. The lowest BCUT2D eigenvalue weighted by atomic mass is 9.74.